The maximum Gasteiger partial charge on any atom is 0.292 e. The summed E-state index contributed by atoms with van der Waals surface area (Å²) in [7, 11) is -3.05. The minimum Gasteiger partial charge on any atom is -0.379 e. The molecular formula is C12H15N3O5S. The number of hydrogen-bond donors (Lipinski definition) is 2. The molecule has 0 radical (unpaired) electrons. The second-order valence-corrected chi connectivity index (χ2v) is 7.18. The first-order valence-electron chi connectivity index (χ1n) is 6.29. The highest BCUT2D eigenvalue weighted by atomic mass is 32.2. The number of nitrogens with zero attached hydrogens (tertiary/aromatic N) is 1. The summed E-state index contributed by atoms with van der Waals surface area (Å²) < 4.78 is 22.0. The SMILES string of the molecule is CS(=O)(=O)CCCNc1cc2c(cc1[N+](=O)[O-])CC(=O)N2. The van der Waals surface area contributed by atoms with Gasteiger partial charge in [0.05, 0.1) is 17.1 Å². The minimum atomic E-state index is -3.05. The summed E-state index contributed by atoms with van der Waals surface area (Å²) in [5.41, 5.74) is 1.30. The predicted octanol–water partition coefficient (Wildman–Crippen LogP) is 0.936. The first-order valence-corrected chi connectivity index (χ1v) is 8.35. The zero-order valence-corrected chi connectivity index (χ0v) is 12.2. The monoisotopic (exact) mass is 313 g/mol. The van der Waals surface area contributed by atoms with Crippen molar-refractivity contribution >= 4 is 32.8 Å². The highest BCUT2D eigenvalue weighted by Gasteiger charge is 2.24. The van der Waals surface area contributed by atoms with Gasteiger partial charge in [-0.1, -0.05) is 0 Å². The fourth-order valence-corrected chi connectivity index (χ4v) is 2.78. The minimum absolute atomic E-state index is 0.00940. The summed E-state index contributed by atoms with van der Waals surface area (Å²) in [5, 5.41) is 16.5. The van der Waals surface area contributed by atoms with Gasteiger partial charge in [0.2, 0.25) is 5.91 Å². The summed E-state index contributed by atoms with van der Waals surface area (Å²) in [5.74, 6) is -0.191. The highest BCUT2D eigenvalue weighted by Crippen LogP contribution is 2.34. The number of benzene rings is 1. The van der Waals surface area contributed by atoms with Gasteiger partial charge >= 0.3 is 0 Å². The number of nitro groups is 1. The van der Waals surface area contributed by atoms with Crippen LogP contribution in [0.15, 0.2) is 12.1 Å². The number of anilines is 2. The molecule has 0 bridgehead atoms. The van der Waals surface area contributed by atoms with Crippen molar-refractivity contribution in [3.63, 3.8) is 0 Å². The molecule has 1 heterocycles. The number of fused-ring (bicyclic) bond motifs is 1. The molecule has 1 aromatic rings. The van der Waals surface area contributed by atoms with Crippen molar-refractivity contribution in [3.8, 4) is 0 Å². The van der Waals surface area contributed by atoms with Crippen molar-refractivity contribution in [1.29, 1.82) is 0 Å². The molecule has 114 valence electrons. The third-order valence-corrected chi connectivity index (χ3v) is 4.08. The summed E-state index contributed by atoms with van der Waals surface area (Å²) in [4.78, 5) is 21.8. The largest absolute Gasteiger partial charge is 0.379 e. The van der Waals surface area contributed by atoms with Crippen LogP contribution in [0.5, 0.6) is 0 Å². The van der Waals surface area contributed by atoms with Gasteiger partial charge < -0.3 is 10.6 Å². The predicted molar refractivity (Wildman–Crippen MR) is 78.2 cm³/mol. The second-order valence-electron chi connectivity index (χ2n) is 4.92. The smallest absolute Gasteiger partial charge is 0.292 e. The fraction of sp³-hybridized carbons (Fsp3) is 0.417. The number of rotatable bonds is 6. The van der Waals surface area contributed by atoms with E-state index in [1.54, 1.807) is 0 Å². The van der Waals surface area contributed by atoms with E-state index in [9.17, 15) is 23.3 Å². The molecule has 0 spiro atoms. The lowest BCUT2D eigenvalue weighted by Gasteiger charge is -2.09. The van der Waals surface area contributed by atoms with E-state index in [1.807, 2.05) is 0 Å². The lowest BCUT2D eigenvalue weighted by molar-refractivity contribution is -0.384. The lowest BCUT2D eigenvalue weighted by Crippen LogP contribution is -2.11. The van der Waals surface area contributed by atoms with E-state index in [4.69, 9.17) is 0 Å². The highest BCUT2D eigenvalue weighted by molar-refractivity contribution is 7.90. The number of carbonyl (C=O) groups is 1. The molecule has 0 saturated heterocycles. The van der Waals surface area contributed by atoms with E-state index in [0.717, 1.165) is 6.26 Å². The summed E-state index contributed by atoms with van der Waals surface area (Å²) in [6, 6.07) is 2.88. The molecule has 9 heteroatoms. The molecule has 0 fully saturated rings. The van der Waals surface area contributed by atoms with Crippen molar-refractivity contribution in [2.24, 2.45) is 0 Å². The van der Waals surface area contributed by atoms with Crippen LogP contribution in [0.4, 0.5) is 17.1 Å². The Morgan fingerprint density at radius 2 is 2.14 bits per heavy atom. The van der Waals surface area contributed by atoms with Gasteiger partial charge in [-0.05, 0) is 18.1 Å². The molecule has 1 aromatic carbocycles. The zero-order chi connectivity index (χ0) is 15.6. The number of nitro benzene ring substituents is 1. The molecule has 0 atom stereocenters. The topological polar surface area (TPSA) is 118 Å². The Morgan fingerprint density at radius 3 is 2.76 bits per heavy atom. The third kappa shape index (κ3) is 3.91. The molecular weight excluding hydrogens is 298 g/mol. The number of carbonyl (C=O) groups excluding carboxylic acids is 1. The quantitative estimate of drug-likeness (QED) is 0.458. The first kappa shape index (κ1) is 15.2. The Hall–Kier alpha value is -2.16. The average Bonchev–Trinajstić information content (AvgIpc) is 2.71. The molecule has 0 aliphatic carbocycles. The van der Waals surface area contributed by atoms with Crippen LogP contribution in [0.2, 0.25) is 0 Å². The van der Waals surface area contributed by atoms with Crippen molar-refractivity contribution in [2.45, 2.75) is 12.8 Å². The zero-order valence-electron chi connectivity index (χ0n) is 11.4. The van der Waals surface area contributed by atoms with Gasteiger partial charge in [-0.15, -0.1) is 0 Å². The van der Waals surface area contributed by atoms with Gasteiger partial charge in [-0.3, -0.25) is 14.9 Å². The standard InChI is InChI=1S/C12H15N3O5S/c1-21(19,20)4-2-3-13-10-7-9-8(6-12(16)14-9)5-11(10)15(17)18/h5,7,13H,2-4,6H2,1H3,(H,14,16). The van der Waals surface area contributed by atoms with Crippen LogP contribution in [0.25, 0.3) is 0 Å². The van der Waals surface area contributed by atoms with Crippen molar-refractivity contribution < 1.29 is 18.1 Å². The van der Waals surface area contributed by atoms with Crippen molar-refractivity contribution in [2.75, 3.05) is 29.2 Å². The van der Waals surface area contributed by atoms with Crippen LogP contribution in [-0.4, -0.2) is 37.8 Å². The Bertz CT molecular complexity index is 699. The molecule has 0 unspecified atom stereocenters. The molecule has 0 aromatic heterocycles. The normalized spacial score (nSPS) is 13.7. The van der Waals surface area contributed by atoms with Gasteiger partial charge in [0, 0.05) is 24.6 Å². The Morgan fingerprint density at radius 1 is 1.43 bits per heavy atom. The number of sulfone groups is 1. The number of nitrogens with one attached hydrogen (secondary N) is 2. The average molecular weight is 313 g/mol. The van der Waals surface area contributed by atoms with E-state index >= 15 is 0 Å². The van der Waals surface area contributed by atoms with Crippen LogP contribution in [0, 0.1) is 10.1 Å². The number of hydrogen-bond acceptors (Lipinski definition) is 6. The van der Waals surface area contributed by atoms with Crippen molar-refractivity contribution in [1.82, 2.24) is 0 Å². The van der Waals surface area contributed by atoms with Gasteiger partial charge in [0.15, 0.2) is 0 Å². The first-order chi connectivity index (χ1) is 9.76. The van der Waals surface area contributed by atoms with Gasteiger partial charge in [-0.2, -0.15) is 0 Å². The van der Waals surface area contributed by atoms with E-state index in [-0.39, 0.29) is 29.5 Å². The molecule has 1 aliphatic heterocycles. The molecule has 8 nitrogen and oxygen atoms in total. The molecule has 0 saturated carbocycles. The van der Waals surface area contributed by atoms with Gasteiger partial charge in [0.1, 0.15) is 15.5 Å². The molecule has 2 N–H and O–H groups in total. The fourth-order valence-electron chi connectivity index (χ4n) is 2.11. The van der Waals surface area contributed by atoms with Crippen LogP contribution >= 0.6 is 0 Å². The van der Waals surface area contributed by atoms with Crippen LogP contribution < -0.4 is 10.6 Å². The van der Waals surface area contributed by atoms with E-state index in [0.29, 0.717) is 24.2 Å². The van der Waals surface area contributed by atoms with Gasteiger partial charge in [-0.25, -0.2) is 8.42 Å². The van der Waals surface area contributed by atoms with Gasteiger partial charge in [0.25, 0.3) is 5.69 Å². The van der Waals surface area contributed by atoms with Crippen LogP contribution in [-0.2, 0) is 21.1 Å². The summed E-state index contributed by atoms with van der Waals surface area (Å²) in [6.07, 6.45) is 1.62. The Labute approximate surface area is 121 Å². The Balaban J connectivity index is 2.13. The summed E-state index contributed by atoms with van der Waals surface area (Å²) in [6.45, 7) is 0.292. The maximum atomic E-state index is 11.3. The maximum absolute atomic E-state index is 11.3. The molecule has 1 amide bonds. The third-order valence-electron chi connectivity index (χ3n) is 3.05. The molecule has 2 rings (SSSR count). The van der Waals surface area contributed by atoms with Crippen molar-refractivity contribution in [3.05, 3.63) is 27.8 Å². The molecule has 1 aliphatic rings. The summed E-state index contributed by atoms with van der Waals surface area (Å²) >= 11 is 0. The van der Waals surface area contributed by atoms with E-state index in [1.165, 1.54) is 12.1 Å². The Kier molecular flexibility index (Phi) is 4.12. The van der Waals surface area contributed by atoms with Crippen LogP contribution in [0.1, 0.15) is 12.0 Å². The van der Waals surface area contributed by atoms with Crippen LogP contribution in [0.3, 0.4) is 0 Å². The van der Waals surface area contributed by atoms with E-state index in [2.05, 4.69) is 10.6 Å². The second kappa shape index (κ2) is 5.68. The number of amides is 1. The molecule has 21 heavy (non-hydrogen) atoms. The van der Waals surface area contributed by atoms with E-state index < -0.39 is 14.8 Å². The lowest BCUT2D eigenvalue weighted by atomic mass is 10.1.